The predicted octanol–water partition coefficient (Wildman–Crippen LogP) is 4.04. The Morgan fingerprint density at radius 3 is 2.66 bits per heavy atom. The number of rotatable bonds is 4. The van der Waals surface area contributed by atoms with E-state index in [0.29, 0.717) is 5.69 Å². The summed E-state index contributed by atoms with van der Waals surface area (Å²) in [7, 11) is 1.80. The van der Waals surface area contributed by atoms with Crippen molar-refractivity contribution in [3.63, 3.8) is 0 Å². The van der Waals surface area contributed by atoms with Crippen LogP contribution in [0.3, 0.4) is 0 Å². The molecule has 7 nitrogen and oxygen atoms in total. The average Bonchev–Trinajstić information content (AvgIpc) is 2.99. The number of halogens is 3. The van der Waals surface area contributed by atoms with Crippen molar-refractivity contribution in [2.75, 3.05) is 5.32 Å². The molecular formula is C19H18F3N5O2. The number of nitrogens with two attached hydrogens (primary N) is 1. The largest absolute Gasteiger partial charge is 0.573 e. The number of carbonyl (C=O) groups excluding carboxylic acids is 1. The SMILES string of the molecule is CC(=Nc1c(C)ccc2c1cnn2C)Nc1cc(C(N)=O)ccc1OC(F)(F)F. The molecule has 0 saturated carbocycles. The number of aliphatic imine (C=N–C) groups is 1. The van der Waals surface area contributed by atoms with Gasteiger partial charge in [0.05, 0.1) is 23.1 Å². The van der Waals surface area contributed by atoms with Gasteiger partial charge in [-0.1, -0.05) is 6.07 Å². The van der Waals surface area contributed by atoms with Crippen molar-refractivity contribution in [1.29, 1.82) is 0 Å². The van der Waals surface area contributed by atoms with Crippen molar-refractivity contribution in [1.82, 2.24) is 9.78 Å². The normalized spacial score (nSPS) is 12.3. The number of amidine groups is 1. The maximum absolute atomic E-state index is 12.7. The van der Waals surface area contributed by atoms with E-state index in [-0.39, 0.29) is 17.1 Å². The quantitative estimate of drug-likeness (QED) is 0.506. The summed E-state index contributed by atoms with van der Waals surface area (Å²) >= 11 is 0. The molecule has 0 fully saturated rings. The fourth-order valence-corrected chi connectivity index (χ4v) is 2.86. The van der Waals surface area contributed by atoms with Crippen LogP contribution in [0.1, 0.15) is 22.8 Å². The Hall–Kier alpha value is -3.56. The number of amides is 1. The first-order valence-corrected chi connectivity index (χ1v) is 8.48. The van der Waals surface area contributed by atoms with Gasteiger partial charge in [-0.3, -0.25) is 9.48 Å². The third-order valence-electron chi connectivity index (χ3n) is 4.19. The molecule has 3 aromatic rings. The Morgan fingerprint density at radius 1 is 1.28 bits per heavy atom. The summed E-state index contributed by atoms with van der Waals surface area (Å²) in [4.78, 5) is 15.9. The number of hydrogen-bond acceptors (Lipinski definition) is 4. The number of hydrogen-bond donors (Lipinski definition) is 2. The molecule has 1 heterocycles. The summed E-state index contributed by atoms with van der Waals surface area (Å²) < 4.78 is 43.9. The molecule has 1 aromatic heterocycles. The second kappa shape index (κ2) is 7.46. The molecule has 0 aliphatic heterocycles. The molecule has 0 spiro atoms. The molecule has 152 valence electrons. The van der Waals surface area contributed by atoms with E-state index in [1.165, 1.54) is 6.07 Å². The van der Waals surface area contributed by atoms with Crippen LogP contribution in [0.5, 0.6) is 5.75 Å². The van der Waals surface area contributed by atoms with Gasteiger partial charge in [0.25, 0.3) is 0 Å². The highest BCUT2D eigenvalue weighted by molar-refractivity contribution is 6.02. The number of alkyl halides is 3. The molecule has 29 heavy (non-hydrogen) atoms. The smallest absolute Gasteiger partial charge is 0.404 e. The van der Waals surface area contributed by atoms with Gasteiger partial charge >= 0.3 is 6.36 Å². The lowest BCUT2D eigenvalue weighted by Crippen LogP contribution is -2.20. The van der Waals surface area contributed by atoms with Gasteiger partial charge in [0.2, 0.25) is 5.91 Å². The monoisotopic (exact) mass is 405 g/mol. The maximum Gasteiger partial charge on any atom is 0.573 e. The van der Waals surface area contributed by atoms with Gasteiger partial charge in [-0.05, 0) is 43.7 Å². The lowest BCUT2D eigenvalue weighted by molar-refractivity contribution is -0.274. The van der Waals surface area contributed by atoms with E-state index in [4.69, 9.17) is 5.73 Å². The highest BCUT2D eigenvalue weighted by Gasteiger charge is 2.32. The zero-order valence-electron chi connectivity index (χ0n) is 15.8. The first kappa shape index (κ1) is 20.2. The number of nitrogens with zero attached hydrogens (tertiary/aromatic N) is 3. The molecule has 3 N–H and O–H groups in total. The van der Waals surface area contributed by atoms with E-state index >= 15 is 0 Å². The van der Waals surface area contributed by atoms with E-state index < -0.39 is 18.0 Å². The Bertz CT molecular complexity index is 1120. The third kappa shape index (κ3) is 4.48. The van der Waals surface area contributed by atoms with E-state index in [1.807, 2.05) is 19.1 Å². The summed E-state index contributed by atoms with van der Waals surface area (Å²) in [6.07, 6.45) is -3.23. The highest BCUT2D eigenvalue weighted by atomic mass is 19.4. The second-order valence-corrected chi connectivity index (χ2v) is 6.38. The number of ether oxygens (including phenoxy) is 1. The van der Waals surface area contributed by atoms with E-state index in [9.17, 15) is 18.0 Å². The maximum atomic E-state index is 12.7. The minimum Gasteiger partial charge on any atom is -0.404 e. The Labute approximate surface area is 164 Å². The minimum atomic E-state index is -4.90. The summed E-state index contributed by atoms with van der Waals surface area (Å²) in [5.74, 6) is -0.997. The average molecular weight is 405 g/mol. The van der Waals surface area contributed by atoms with Crippen LogP contribution in [-0.2, 0) is 7.05 Å². The van der Waals surface area contributed by atoms with Crippen LogP contribution in [0, 0.1) is 6.92 Å². The van der Waals surface area contributed by atoms with Gasteiger partial charge in [-0.15, -0.1) is 13.2 Å². The van der Waals surface area contributed by atoms with Crippen molar-refractivity contribution in [2.45, 2.75) is 20.2 Å². The molecule has 2 aromatic carbocycles. The predicted molar refractivity (Wildman–Crippen MR) is 103 cm³/mol. The molecule has 10 heteroatoms. The molecule has 0 radical (unpaired) electrons. The van der Waals surface area contributed by atoms with Crippen LogP contribution in [0.4, 0.5) is 24.5 Å². The van der Waals surface area contributed by atoms with Crippen LogP contribution in [0.2, 0.25) is 0 Å². The zero-order valence-corrected chi connectivity index (χ0v) is 15.8. The highest BCUT2D eigenvalue weighted by Crippen LogP contribution is 2.33. The van der Waals surface area contributed by atoms with Gasteiger partial charge in [0.1, 0.15) is 5.84 Å². The van der Waals surface area contributed by atoms with Gasteiger partial charge in [0.15, 0.2) is 5.75 Å². The van der Waals surface area contributed by atoms with Crippen LogP contribution < -0.4 is 15.8 Å². The molecule has 0 unspecified atom stereocenters. The first-order chi connectivity index (χ1) is 13.5. The molecule has 0 bridgehead atoms. The molecule has 0 saturated heterocycles. The van der Waals surface area contributed by atoms with E-state index in [1.54, 1.807) is 24.9 Å². The number of fused-ring (bicyclic) bond motifs is 1. The summed E-state index contributed by atoms with van der Waals surface area (Å²) in [6, 6.07) is 7.14. The number of aromatic nitrogens is 2. The van der Waals surface area contributed by atoms with Crippen molar-refractivity contribution in [3.8, 4) is 5.75 Å². The number of primary amides is 1. The molecule has 0 aliphatic carbocycles. The van der Waals surface area contributed by atoms with E-state index in [0.717, 1.165) is 28.6 Å². The van der Waals surface area contributed by atoms with Gasteiger partial charge in [0, 0.05) is 18.0 Å². The van der Waals surface area contributed by atoms with Crippen LogP contribution >= 0.6 is 0 Å². The van der Waals surface area contributed by atoms with Crippen molar-refractivity contribution < 1.29 is 22.7 Å². The lowest BCUT2D eigenvalue weighted by Gasteiger charge is -2.15. The molecule has 0 atom stereocenters. The molecule has 3 rings (SSSR count). The number of carbonyl (C=O) groups is 1. The van der Waals surface area contributed by atoms with E-state index in [2.05, 4.69) is 20.1 Å². The van der Waals surface area contributed by atoms with Gasteiger partial charge < -0.3 is 15.8 Å². The number of anilines is 1. The summed E-state index contributed by atoms with van der Waals surface area (Å²) in [5.41, 5.74) is 7.53. The Balaban J connectivity index is 2.02. The summed E-state index contributed by atoms with van der Waals surface area (Å²) in [6.45, 7) is 3.45. The standard InChI is InChI=1S/C19H18F3N5O2/c1-10-4-6-15-13(9-24-27(15)3)17(10)26-11(2)25-14-8-12(18(23)28)5-7-16(14)29-19(20,21)22/h4-9H,1-3H3,(H2,23,28)(H,25,26). The fourth-order valence-electron chi connectivity index (χ4n) is 2.86. The third-order valence-corrected chi connectivity index (χ3v) is 4.19. The van der Waals surface area contributed by atoms with Crippen LogP contribution in [0.25, 0.3) is 10.9 Å². The molecule has 1 amide bonds. The lowest BCUT2D eigenvalue weighted by atomic mass is 10.1. The fraction of sp³-hybridized carbons (Fsp3) is 0.211. The number of aryl methyl sites for hydroxylation is 2. The second-order valence-electron chi connectivity index (χ2n) is 6.38. The van der Waals surface area contributed by atoms with Crippen LogP contribution in [-0.4, -0.2) is 27.9 Å². The van der Waals surface area contributed by atoms with Crippen molar-refractivity contribution in [2.24, 2.45) is 17.8 Å². The Morgan fingerprint density at radius 2 is 2.00 bits per heavy atom. The molecular weight excluding hydrogens is 387 g/mol. The molecule has 0 aliphatic rings. The van der Waals surface area contributed by atoms with Gasteiger partial charge in [-0.25, -0.2) is 4.99 Å². The first-order valence-electron chi connectivity index (χ1n) is 8.48. The van der Waals surface area contributed by atoms with Crippen molar-refractivity contribution >= 4 is 34.0 Å². The van der Waals surface area contributed by atoms with Crippen molar-refractivity contribution in [3.05, 3.63) is 47.7 Å². The number of benzene rings is 2. The topological polar surface area (TPSA) is 94.5 Å². The van der Waals surface area contributed by atoms with Crippen LogP contribution in [0.15, 0.2) is 41.5 Å². The minimum absolute atomic E-state index is 0.0281. The summed E-state index contributed by atoms with van der Waals surface area (Å²) in [5, 5.41) is 7.77. The Kier molecular flexibility index (Phi) is 5.19. The zero-order chi connectivity index (χ0) is 21.3. The number of nitrogens with one attached hydrogen (secondary N) is 1. The van der Waals surface area contributed by atoms with Gasteiger partial charge in [-0.2, -0.15) is 5.10 Å².